The molecule has 7 rings (SSSR count). The number of aryl methyl sites for hydroxylation is 1. The highest BCUT2D eigenvalue weighted by atomic mass is 19.4. The minimum absolute atomic E-state index is 0.115. The summed E-state index contributed by atoms with van der Waals surface area (Å²) in [4.78, 5) is 17.9. The molecule has 3 aromatic carbocycles. The van der Waals surface area contributed by atoms with Crippen LogP contribution in [-0.4, -0.2) is 91.2 Å². The summed E-state index contributed by atoms with van der Waals surface area (Å²) < 4.78 is 56.2. The Morgan fingerprint density at radius 2 is 1.63 bits per heavy atom. The van der Waals surface area contributed by atoms with Gasteiger partial charge in [-0.1, -0.05) is 24.3 Å². The van der Waals surface area contributed by atoms with E-state index in [0.29, 0.717) is 44.4 Å². The Morgan fingerprint density at radius 3 is 2.27 bits per heavy atom. The SMILES string of the molecule is COc1cccc(OC)c1CN1CC2CC1CN2Cc1ccc2c(c1)c(-c1ccc(OC(F)(F)F)cc1)cn2CCCNC(=O)C1(N)CCNCC1. The van der Waals surface area contributed by atoms with Gasteiger partial charge in [-0.05, 0) is 86.3 Å². The van der Waals surface area contributed by atoms with Crippen LogP contribution in [0.5, 0.6) is 17.2 Å². The Labute approximate surface area is 302 Å². The maximum atomic E-state index is 12.9. The van der Waals surface area contributed by atoms with Gasteiger partial charge in [-0.3, -0.25) is 14.6 Å². The number of hydrogen-bond acceptors (Lipinski definition) is 8. The van der Waals surface area contributed by atoms with Gasteiger partial charge in [-0.2, -0.15) is 0 Å². The summed E-state index contributed by atoms with van der Waals surface area (Å²) in [5.41, 5.74) is 10.5. The van der Waals surface area contributed by atoms with Gasteiger partial charge in [0.05, 0.1) is 25.3 Å². The summed E-state index contributed by atoms with van der Waals surface area (Å²) in [7, 11) is 3.38. The molecule has 1 amide bonds. The average molecular weight is 721 g/mol. The van der Waals surface area contributed by atoms with Crippen LogP contribution in [0, 0.1) is 0 Å². The quantitative estimate of drug-likeness (QED) is 0.161. The second-order valence-corrected chi connectivity index (χ2v) is 14.2. The normalized spacial score (nSPS) is 20.3. The number of nitrogens with zero attached hydrogens (tertiary/aromatic N) is 3. The molecule has 0 saturated carbocycles. The maximum Gasteiger partial charge on any atom is 0.573 e. The van der Waals surface area contributed by atoms with Crippen molar-refractivity contribution in [1.29, 1.82) is 0 Å². The first kappa shape index (κ1) is 36.1. The zero-order valence-electron chi connectivity index (χ0n) is 29.7. The third-order valence-corrected chi connectivity index (χ3v) is 10.9. The molecular weight excluding hydrogens is 673 g/mol. The van der Waals surface area contributed by atoms with Gasteiger partial charge in [-0.15, -0.1) is 13.2 Å². The van der Waals surface area contributed by atoms with Crippen molar-refractivity contribution in [3.05, 3.63) is 78.0 Å². The third-order valence-electron chi connectivity index (χ3n) is 10.9. The summed E-state index contributed by atoms with van der Waals surface area (Å²) in [6, 6.07) is 19.3. The molecule has 0 spiro atoms. The Morgan fingerprint density at radius 1 is 0.962 bits per heavy atom. The van der Waals surface area contributed by atoms with Gasteiger partial charge in [0.25, 0.3) is 0 Å². The number of carbonyl (C=O) groups is 1. The molecule has 3 fully saturated rings. The van der Waals surface area contributed by atoms with Crippen LogP contribution < -0.4 is 30.6 Å². The number of methoxy groups -OCH3 is 2. The van der Waals surface area contributed by atoms with Gasteiger partial charge in [-0.25, -0.2) is 0 Å². The van der Waals surface area contributed by atoms with Gasteiger partial charge in [0, 0.05) is 74.0 Å². The van der Waals surface area contributed by atoms with Gasteiger partial charge >= 0.3 is 6.36 Å². The predicted octanol–water partition coefficient (Wildman–Crippen LogP) is 5.27. The van der Waals surface area contributed by atoms with Crippen LogP contribution in [0.3, 0.4) is 0 Å². The second-order valence-electron chi connectivity index (χ2n) is 14.2. The summed E-state index contributed by atoms with van der Waals surface area (Å²) >= 11 is 0. The molecule has 278 valence electrons. The second kappa shape index (κ2) is 15.0. The lowest BCUT2D eigenvalue weighted by Crippen LogP contribution is -2.59. The van der Waals surface area contributed by atoms with Gasteiger partial charge in [0.15, 0.2) is 0 Å². The number of piperazine rings is 1. The summed E-state index contributed by atoms with van der Waals surface area (Å²) in [6.45, 7) is 6.07. The smallest absolute Gasteiger partial charge is 0.496 e. The Bertz CT molecular complexity index is 1850. The minimum atomic E-state index is -4.76. The lowest BCUT2D eigenvalue weighted by Gasteiger charge is -2.34. The number of ether oxygens (including phenoxy) is 3. The fraction of sp³-hybridized carbons (Fsp3) is 0.462. The van der Waals surface area contributed by atoms with Crippen LogP contribution in [0.4, 0.5) is 13.2 Å². The van der Waals surface area contributed by atoms with E-state index in [4.69, 9.17) is 15.2 Å². The van der Waals surface area contributed by atoms with Crippen LogP contribution in [0.25, 0.3) is 22.0 Å². The van der Waals surface area contributed by atoms with E-state index < -0.39 is 11.9 Å². The van der Waals surface area contributed by atoms with Crippen molar-refractivity contribution in [3.63, 3.8) is 0 Å². The van der Waals surface area contributed by atoms with Crippen LogP contribution in [0.15, 0.2) is 66.9 Å². The highest BCUT2D eigenvalue weighted by Crippen LogP contribution is 2.38. The van der Waals surface area contributed by atoms with Crippen LogP contribution >= 0.6 is 0 Å². The fourth-order valence-corrected chi connectivity index (χ4v) is 8.16. The summed E-state index contributed by atoms with van der Waals surface area (Å²) in [5, 5.41) is 7.30. The molecule has 3 aliphatic rings. The van der Waals surface area contributed by atoms with E-state index in [1.165, 1.54) is 17.7 Å². The summed E-state index contributed by atoms with van der Waals surface area (Å²) in [5.74, 6) is 1.30. The number of carbonyl (C=O) groups excluding carboxylic acids is 1. The van der Waals surface area contributed by atoms with Crippen molar-refractivity contribution >= 4 is 16.8 Å². The van der Waals surface area contributed by atoms with E-state index >= 15 is 0 Å². The number of rotatable bonds is 13. The van der Waals surface area contributed by atoms with Gasteiger partial charge in [0.1, 0.15) is 17.2 Å². The molecule has 1 aromatic heterocycles. The zero-order chi connectivity index (χ0) is 36.5. The Kier molecular flexibility index (Phi) is 10.4. The van der Waals surface area contributed by atoms with E-state index in [0.717, 1.165) is 84.8 Å². The molecule has 13 heteroatoms. The zero-order valence-corrected chi connectivity index (χ0v) is 29.7. The first-order valence-electron chi connectivity index (χ1n) is 18.0. The summed E-state index contributed by atoms with van der Waals surface area (Å²) in [6.07, 6.45) is 0.301. The molecule has 0 radical (unpaired) electrons. The third kappa shape index (κ3) is 7.73. The molecule has 2 unspecified atom stereocenters. The molecule has 52 heavy (non-hydrogen) atoms. The highest BCUT2D eigenvalue weighted by Gasteiger charge is 2.43. The van der Waals surface area contributed by atoms with E-state index in [1.807, 2.05) is 18.2 Å². The number of likely N-dealkylation sites (tertiary alicyclic amines) is 2. The average Bonchev–Trinajstić information content (AvgIpc) is 3.82. The van der Waals surface area contributed by atoms with Crippen molar-refractivity contribution in [2.45, 2.75) is 69.3 Å². The van der Waals surface area contributed by atoms with Crippen molar-refractivity contribution < 1.29 is 32.2 Å². The molecule has 4 heterocycles. The first-order valence-corrected chi connectivity index (χ1v) is 18.0. The standard InChI is InChI=1S/C39H47F3N6O4/c1-50-35-5-3-6-36(51-2)33(35)25-48-23-28-20-29(48)22-47(28)21-26-7-12-34-31(19-26)32(27-8-10-30(11-9-27)52-39(40,41)42)24-46(34)18-4-15-45-37(49)38(43)13-16-44-17-14-38/h3,5-12,19,24,28-29,44H,4,13-18,20-23,25,43H2,1-2H3,(H,45,49). The largest absolute Gasteiger partial charge is 0.573 e. The Balaban J connectivity index is 1.06. The number of hydrogen-bond donors (Lipinski definition) is 3. The van der Waals surface area contributed by atoms with Crippen LogP contribution in [0.2, 0.25) is 0 Å². The molecular formula is C39H47F3N6O4. The Hall–Kier alpha value is -4.30. The topological polar surface area (TPSA) is 106 Å². The molecule has 0 aliphatic carbocycles. The fourth-order valence-electron chi connectivity index (χ4n) is 8.16. The van der Waals surface area contributed by atoms with Crippen molar-refractivity contribution in [2.75, 3.05) is 46.9 Å². The first-order chi connectivity index (χ1) is 25.0. The van der Waals surface area contributed by atoms with Crippen molar-refractivity contribution in [1.82, 2.24) is 25.0 Å². The molecule has 4 aromatic rings. The number of alkyl halides is 3. The van der Waals surface area contributed by atoms with E-state index in [-0.39, 0.29) is 11.7 Å². The molecule has 3 aliphatic heterocycles. The monoisotopic (exact) mass is 720 g/mol. The number of nitrogens with one attached hydrogen (secondary N) is 2. The number of aromatic nitrogens is 1. The maximum absolute atomic E-state index is 12.9. The molecule has 10 nitrogen and oxygen atoms in total. The van der Waals surface area contributed by atoms with E-state index in [9.17, 15) is 18.0 Å². The number of piperidine rings is 1. The highest BCUT2D eigenvalue weighted by molar-refractivity contribution is 5.96. The van der Waals surface area contributed by atoms with Crippen LogP contribution in [0.1, 0.15) is 36.8 Å². The van der Waals surface area contributed by atoms with Crippen LogP contribution in [-0.2, 0) is 24.4 Å². The van der Waals surface area contributed by atoms with E-state index in [1.54, 1.807) is 26.4 Å². The number of benzene rings is 3. The molecule has 4 N–H and O–H groups in total. The number of amides is 1. The number of halogens is 3. The van der Waals surface area contributed by atoms with Gasteiger partial charge in [0.2, 0.25) is 5.91 Å². The van der Waals surface area contributed by atoms with Crippen molar-refractivity contribution in [2.24, 2.45) is 5.73 Å². The lowest BCUT2D eigenvalue weighted by molar-refractivity contribution is -0.274. The molecule has 3 saturated heterocycles. The minimum Gasteiger partial charge on any atom is -0.496 e. The van der Waals surface area contributed by atoms with Crippen molar-refractivity contribution in [3.8, 4) is 28.4 Å². The number of nitrogens with two attached hydrogens (primary N) is 1. The molecule has 2 bridgehead atoms. The predicted molar refractivity (Wildman–Crippen MR) is 193 cm³/mol. The molecule has 2 atom stereocenters. The van der Waals surface area contributed by atoms with E-state index in [2.05, 4.69) is 54.1 Å². The number of fused-ring (bicyclic) bond motifs is 3. The van der Waals surface area contributed by atoms with Gasteiger partial charge < -0.3 is 35.1 Å². The lowest BCUT2D eigenvalue weighted by atomic mass is 9.88.